The Morgan fingerprint density at radius 2 is 2.15 bits per heavy atom. The first-order chi connectivity index (χ1) is 9.44. The molecule has 0 aliphatic carbocycles. The maximum Gasteiger partial charge on any atom is 0.242 e. The highest BCUT2D eigenvalue weighted by Gasteiger charge is 2.21. The third-order valence-corrected chi connectivity index (χ3v) is 6.92. The normalized spacial score (nSPS) is 13.6. The maximum atomic E-state index is 12.3. The predicted octanol–water partition coefficient (Wildman–Crippen LogP) is 3.50. The second-order valence-electron chi connectivity index (χ2n) is 4.78. The van der Waals surface area contributed by atoms with Gasteiger partial charge in [0.05, 0.1) is 10.4 Å². The second-order valence-corrected chi connectivity index (χ2v) is 8.97. The zero-order chi connectivity index (χ0) is 15.2. The summed E-state index contributed by atoms with van der Waals surface area (Å²) < 4.78 is 27.7. The maximum absolute atomic E-state index is 12.3. The largest absolute Gasteiger partial charge is 0.391 e. The van der Waals surface area contributed by atoms with Crippen molar-refractivity contribution >= 4 is 37.3 Å². The minimum Gasteiger partial charge on any atom is -0.391 e. The van der Waals surface area contributed by atoms with Crippen molar-refractivity contribution < 1.29 is 13.5 Å². The van der Waals surface area contributed by atoms with E-state index in [1.54, 1.807) is 0 Å². The zero-order valence-corrected chi connectivity index (χ0v) is 15.1. The molecular weight excluding hydrogens is 362 g/mol. The van der Waals surface area contributed by atoms with Crippen LogP contribution in [0.3, 0.4) is 0 Å². The average Bonchev–Trinajstić information content (AvgIpc) is 2.81. The Bertz CT molecular complexity index is 514. The highest BCUT2D eigenvalue weighted by atomic mass is 79.9. The molecule has 1 unspecified atom stereocenters. The van der Waals surface area contributed by atoms with Gasteiger partial charge in [-0.3, -0.25) is 0 Å². The van der Waals surface area contributed by atoms with Crippen LogP contribution in [0.25, 0.3) is 0 Å². The monoisotopic (exact) mass is 383 g/mol. The minimum atomic E-state index is -3.51. The number of nitrogens with one attached hydrogen (secondary N) is 1. The van der Waals surface area contributed by atoms with Crippen molar-refractivity contribution in [2.45, 2.75) is 51.0 Å². The Kier molecular flexibility index (Phi) is 7.68. The summed E-state index contributed by atoms with van der Waals surface area (Å²) in [5.74, 6) is 0.374. The SMILES string of the molecule is CCCCC(CC)CNS(=O)(=O)c1cc(CO)sc1Br. The molecule has 0 saturated heterocycles. The molecule has 0 amide bonds. The van der Waals surface area contributed by atoms with E-state index in [-0.39, 0.29) is 11.5 Å². The van der Waals surface area contributed by atoms with Gasteiger partial charge in [-0.1, -0.05) is 33.1 Å². The molecule has 0 spiro atoms. The lowest BCUT2D eigenvalue weighted by Gasteiger charge is -2.15. The van der Waals surface area contributed by atoms with Crippen molar-refractivity contribution in [3.63, 3.8) is 0 Å². The van der Waals surface area contributed by atoms with Crippen LogP contribution < -0.4 is 4.72 Å². The molecule has 7 heteroatoms. The topological polar surface area (TPSA) is 66.4 Å². The molecule has 0 saturated carbocycles. The fraction of sp³-hybridized carbons (Fsp3) is 0.692. The Morgan fingerprint density at radius 3 is 2.65 bits per heavy atom. The first-order valence-corrected chi connectivity index (χ1v) is 9.92. The van der Waals surface area contributed by atoms with E-state index in [4.69, 9.17) is 5.11 Å². The van der Waals surface area contributed by atoms with Crippen LogP contribution in [0, 0.1) is 5.92 Å². The van der Waals surface area contributed by atoms with E-state index in [0.29, 0.717) is 21.1 Å². The van der Waals surface area contributed by atoms with Gasteiger partial charge in [-0.2, -0.15) is 0 Å². The van der Waals surface area contributed by atoms with Gasteiger partial charge in [-0.15, -0.1) is 11.3 Å². The van der Waals surface area contributed by atoms with Gasteiger partial charge in [0.1, 0.15) is 4.90 Å². The quantitative estimate of drug-likeness (QED) is 0.685. The Hall–Kier alpha value is 0.0500. The van der Waals surface area contributed by atoms with Crippen LogP contribution in [-0.2, 0) is 16.6 Å². The summed E-state index contributed by atoms with van der Waals surface area (Å²) in [5, 5.41) is 9.07. The summed E-state index contributed by atoms with van der Waals surface area (Å²) in [7, 11) is -3.51. The van der Waals surface area contributed by atoms with E-state index < -0.39 is 10.0 Å². The fourth-order valence-corrected chi connectivity index (χ4v) is 5.56. The van der Waals surface area contributed by atoms with Crippen molar-refractivity contribution in [2.24, 2.45) is 5.92 Å². The molecule has 0 bridgehead atoms. The van der Waals surface area contributed by atoms with Gasteiger partial charge >= 0.3 is 0 Å². The number of unbranched alkanes of at least 4 members (excludes halogenated alkanes) is 1. The third kappa shape index (κ3) is 5.11. The van der Waals surface area contributed by atoms with E-state index in [1.165, 1.54) is 17.4 Å². The number of aliphatic hydroxyl groups excluding tert-OH is 1. The van der Waals surface area contributed by atoms with Crippen LogP contribution in [0.1, 0.15) is 44.4 Å². The number of aliphatic hydroxyl groups is 1. The van der Waals surface area contributed by atoms with Crippen molar-refractivity contribution in [3.05, 3.63) is 14.7 Å². The van der Waals surface area contributed by atoms with E-state index in [2.05, 4.69) is 34.5 Å². The summed E-state index contributed by atoms with van der Waals surface area (Å²) in [5.41, 5.74) is 0. The van der Waals surface area contributed by atoms with Crippen molar-refractivity contribution in [3.8, 4) is 0 Å². The van der Waals surface area contributed by atoms with Crippen LogP contribution in [0.15, 0.2) is 14.7 Å². The van der Waals surface area contributed by atoms with Gasteiger partial charge in [0, 0.05) is 11.4 Å². The molecule has 4 nitrogen and oxygen atoms in total. The van der Waals surface area contributed by atoms with E-state index in [9.17, 15) is 8.42 Å². The van der Waals surface area contributed by atoms with Crippen LogP contribution in [0.4, 0.5) is 0 Å². The Morgan fingerprint density at radius 1 is 1.45 bits per heavy atom. The molecule has 1 aromatic heterocycles. The van der Waals surface area contributed by atoms with Crippen molar-refractivity contribution in [1.82, 2.24) is 4.72 Å². The van der Waals surface area contributed by atoms with E-state index in [1.807, 2.05) is 0 Å². The first-order valence-electron chi connectivity index (χ1n) is 6.83. The van der Waals surface area contributed by atoms with Crippen LogP contribution >= 0.6 is 27.3 Å². The lowest BCUT2D eigenvalue weighted by atomic mass is 10.00. The summed E-state index contributed by atoms with van der Waals surface area (Å²) in [6, 6.07) is 1.52. The number of halogens is 1. The molecule has 0 fully saturated rings. The van der Waals surface area contributed by atoms with Gasteiger partial charge in [-0.25, -0.2) is 13.1 Å². The number of sulfonamides is 1. The first kappa shape index (κ1) is 18.1. The third-order valence-electron chi connectivity index (χ3n) is 3.26. The Labute approximate surface area is 133 Å². The minimum absolute atomic E-state index is 0.146. The van der Waals surface area contributed by atoms with E-state index >= 15 is 0 Å². The highest BCUT2D eigenvalue weighted by molar-refractivity contribution is 9.11. The number of thiophene rings is 1. The molecule has 1 atom stereocenters. The highest BCUT2D eigenvalue weighted by Crippen LogP contribution is 2.31. The molecular formula is C13H22BrNO3S2. The molecule has 20 heavy (non-hydrogen) atoms. The van der Waals surface area contributed by atoms with Crippen LogP contribution in [0.5, 0.6) is 0 Å². The molecule has 116 valence electrons. The molecule has 2 N–H and O–H groups in total. The lowest BCUT2D eigenvalue weighted by Crippen LogP contribution is -2.29. The van der Waals surface area contributed by atoms with Crippen molar-refractivity contribution in [2.75, 3.05) is 6.54 Å². The predicted molar refractivity (Wildman–Crippen MR) is 86.4 cm³/mol. The van der Waals surface area contributed by atoms with Gasteiger partial charge in [0.2, 0.25) is 10.0 Å². The van der Waals surface area contributed by atoms with E-state index in [0.717, 1.165) is 25.7 Å². The second kappa shape index (κ2) is 8.48. The molecule has 0 radical (unpaired) electrons. The molecule has 1 rings (SSSR count). The molecule has 1 heterocycles. The lowest BCUT2D eigenvalue weighted by molar-refractivity contribution is 0.285. The smallest absolute Gasteiger partial charge is 0.242 e. The fourth-order valence-electron chi connectivity index (χ4n) is 1.91. The van der Waals surface area contributed by atoms with Gasteiger partial charge in [-0.05, 0) is 34.3 Å². The zero-order valence-electron chi connectivity index (χ0n) is 11.9. The Balaban J connectivity index is 2.71. The number of rotatable bonds is 9. The summed E-state index contributed by atoms with van der Waals surface area (Å²) in [4.78, 5) is 0.854. The van der Waals surface area contributed by atoms with Crippen LogP contribution in [-0.4, -0.2) is 20.1 Å². The van der Waals surface area contributed by atoms with Gasteiger partial charge in [0.25, 0.3) is 0 Å². The number of hydrogen-bond donors (Lipinski definition) is 2. The van der Waals surface area contributed by atoms with Crippen molar-refractivity contribution in [1.29, 1.82) is 0 Å². The summed E-state index contributed by atoms with van der Waals surface area (Å²) in [6.45, 7) is 4.54. The van der Waals surface area contributed by atoms with Gasteiger partial charge in [0.15, 0.2) is 0 Å². The van der Waals surface area contributed by atoms with Gasteiger partial charge < -0.3 is 5.11 Å². The summed E-state index contributed by atoms with van der Waals surface area (Å²) >= 11 is 4.49. The average molecular weight is 384 g/mol. The summed E-state index contributed by atoms with van der Waals surface area (Å²) in [6.07, 6.45) is 4.26. The molecule has 0 aromatic carbocycles. The molecule has 0 aliphatic rings. The molecule has 0 aliphatic heterocycles. The molecule has 1 aromatic rings. The number of hydrogen-bond acceptors (Lipinski definition) is 4. The standard InChI is InChI=1S/C13H22BrNO3S2/c1-3-5-6-10(4-2)8-15-20(17,18)12-7-11(9-16)19-13(12)14/h7,10,15-16H,3-6,8-9H2,1-2H3. The van der Waals surface area contributed by atoms with Crippen LogP contribution in [0.2, 0.25) is 0 Å².